The normalized spacial score (nSPS) is 19.8. The van der Waals surface area contributed by atoms with Crippen molar-refractivity contribution in [3.05, 3.63) is 29.1 Å². The van der Waals surface area contributed by atoms with Gasteiger partial charge in [-0.25, -0.2) is 5.01 Å². The minimum absolute atomic E-state index is 0.0124. The molecule has 2 heterocycles. The lowest BCUT2D eigenvalue weighted by Gasteiger charge is -2.45. The van der Waals surface area contributed by atoms with E-state index in [9.17, 15) is 38.4 Å². The van der Waals surface area contributed by atoms with Crippen LogP contribution in [-0.4, -0.2) is 152 Å². The third kappa shape index (κ3) is 17.2. The van der Waals surface area contributed by atoms with Crippen LogP contribution >= 0.6 is 0 Å². The van der Waals surface area contributed by atoms with Crippen LogP contribution in [0.1, 0.15) is 70.3 Å². The Hall–Kier alpha value is -5.42. The summed E-state index contributed by atoms with van der Waals surface area (Å²) in [4.78, 5) is 100. The summed E-state index contributed by atoms with van der Waals surface area (Å²) in [6.45, 7) is 5.03. The smallest absolute Gasteiger partial charge is 0.305 e. The zero-order chi connectivity index (χ0) is 45.1. The van der Waals surface area contributed by atoms with Gasteiger partial charge >= 0.3 is 23.9 Å². The number of nitrogens with one attached hydrogen (secondary N) is 5. The highest BCUT2D eigenvalue weighted by Crippen LogP contribution is 2.27. The van der Waals surface area contributed by atoms with Gasteiger partial charge in [0.2, 0.25) is 23.6 Å². The maximum absolute atomic E-state index is 13.8. The van der Waals surface area contributed by atoms with E-state index in [1.807, 2.05) is 18.1 Å². The number of allylic oxidation sites excluding steroid dienone is 1. The van der Waals surface area contributed by atoms with Crippen molar-refractivity contribution in [2.75, 3.05) is 53.7 Å². The first kappa shape index (κ1) is 49.9. The molecule has 1 fully saturated rings. The van der Waals surface area contributed by atoms with Crippen molar-refractivity contribution in [2.24, 2.45) is 0 Å². The van der Waals surface area contributed by atoms with Crippen LogP contribution in [0.15, 0.2) is 12.1 Å². The zero-order valence-corrected chi connectivity index (χ0v) is 35.4. The van der Waals surface area contributed by atoms with E-state index in [0.717, 1.165) is 57.5 Å². The lowest BCUT2D eigenvalue weighted by Crippen LogP contribution is -2.69. The lowest BCUT2D eigenvalue weighted by atomic mass is 9.94. The van der Waals surface area contributed by atoms with E-state index in [1.54, 1.807) is 7.05 Å². The fourth-order valence-corrected chi connectivity index (χ4v) is 6.65. The second-order valence-corrected chi connectivity index (χ2v) is 14.3. The topological polar surface area (TPSA) is 280 Å². The van der Waals surface area contributed by atoms with E-state index in [2.05, 4.69) is 43.4 Å². The number of carboxylic acids is 1. The molecule has 61 heavy (non-hydrogen) atoms. The maximum atomic E-state index is 13.8. The third-order valence-electron chi connectivity index (χ3n) is 9.36. The van der Waals surface area contributed by atoms with Gasteiger partial charge in [-0.2, -0.15) is 0 Å². The Morgan fingerprint density at radius 2 is 1.59 bits per heavy atom. The highest BCUT2D eigenvalue weighted by Gasteiger charge is 2.51. The Bertz CT molecular complexity index is 1730. The van der Waals surface area contributed by atoms with Gasteiger partial charge < -0.3 is 59.4 Å². The third-order valence-corrected chi connectivity index (χ3v) is 9.36. The number of carbonyl (C=O) groups excluding carboxylic acids is 7. The average molecular weight is 866 g/mol. The van der Waals surface area contributed by atoms with Crippen LogP contribution in [0.5, 0.6) is 0 Å². The first-order valence-corrected chi connectivity index (χ1v) is 19.9. The predicted molar refractivity (Wildman–Crippen MR) is 213 cm³/mol. The van der Waals surface area contributed by atoms with E-state index >= 15 is 0 Å². The quantitative estimate of drug-likeness (QED) is 0.0288. The molecule has 0 unspecified atom stereocenters. The van der Waals surface area contributed by atoms with E-state index < -0.39 is 97.2 Å². The molecule has 4 amide bonds. The number of hydrazine groups is 1. The molecule has 0 saturated carbocycles. The molecule has 1 saturated heterocycles. The van der Waals surface area contributed by atoms with Crippen LogP contribution in [0.4, 0.5) is 0 Å². The number of carboxylic acid groups (broad SMARTS) is 1. The van der Waals surface area contributed by atoms with Crippen LogP contribution in [0, 0.1) is 0 Å². The van der Waals surface area contributed by atoms with Crippen molar-refractivity contribution >= 4 is 53.6 Å². The fourth-order valence-electron chi connectivity index (χ4n) is 6.65. The van der Waals surface area contributed by atoms with Gasteiger partial charge in [-0.1, -0.05) is 12.2 Å². The van der Waals surface area contributed by atoms with Crippen molar-refractivity contribution in [2.45, 2.75) is 110 Å². The van der Waals surface area contributed by atoms with Gasteiger partial charge in [0.15, 0.2) is 18.4 Å². The molecule has 3 rings (SSSR count). The molecule has 1 aliphatic carbocycles. The fraction of sp³-hybridized carbons (Fsp3) is 0.641. The molecule has 22 heteroatoms. The van der Waals surface area contributed by atoms with Crippen molar-refractivity contribution in [1.29, 1.82) is 0 Å². The molecular formula is C39H59N7O15. The van der Waals surface area contributed by atoms with Gasteiger partial charge in [-0.3, -0.25) is 43.8 Å². The Kier molecular flexibility index (Phi) is 20.8. The van der Waals surface area contributed by atoms with Crippen LogP contribution < -0.4 is 26.7 Å². The van der Waals surface area contributed by atoms with Crippen molar-refractivity contribution in [3.63, 3.8) is 0 Å². The average Bonchev–Trinajstić information content (AvgIpc) is 3.53. The summed E-state index contributed by atoms with van der Waals surface area (Å²) in [6.07, 6.45) is -0.734. The highest BCUT2D eigenvalue weighted by molar-refractivity contribution is 5.92. The first-order valence-electron chi connectivity index (χ1n) is 19.9. The van der Waals surface area contributed by atoms with Crippen molar-refractivity contribution in [1.82, 2.24) is 36.3 Å². The number of fused-ring (bicyclic) bond motifs is 1. The second kappa shape index (κ2) is 25.4. The van der Waals surface area contributed by atoms with E-state index in [0.29, 0.717) is 6.54 Å². The molecule has 6 N–H and O–H groups in total. The van der Waals surface area contributed by atoms with Crippen LogP contribution in [0.2, 0.25) is 0 Å². The summed E-state index contributed by atoms with van der Waals surface area (Å²) in [5.41, 5.74) is 6.18. The van der Waals surface area contributed by atoms with E-state index in [-0.39, 0.29) is 52.4 Å². The molecule has 0 bridgehead atoms. The monoisotopic (exact) mass is 865 g/mol. The van der Waals surface area contributed by atoms with Crippen molar-refractivity contribution in [3.8, 4) is 0 Å². The molecule has 0 spiro atoms. The van der Waals surface area contributed by atoms with Gasteiger partial charge in [0, 0.05) is 65.6 Å². The van der Waals surface area contributed by atoms with Gasteiger partial charge in [0.25, 0.3) is 0 Å². The highest BCUT2D eigenvalue weighted by atomic mass is 16.6. The summed E-state index contributed by atoms with van der Waals surface area (Å²) in [7, 11) is 3.69. The minimum Gasteiger partial charge on any atom is -0.481 e. The number of aromatic nitrogens is 1. The summed E-state index contributed by atoms with van der Waals surface area (Å²) < 4.78 is 34.7. The number of amides is 4. The molecule has 6 atom stereocenters. The van der Waals surface area contributed by atoms with Gasteiger partial charge in [-0.15, -0.1) is 0 Å². The van der Waals surface area contributed by atoms with Crippen LogP contribution in [0.3, 0.4) is 0 Å². The number of esters is 3. The number of hydrogen-bond donors (Lipinski definition) is 6. The zero-order valence-electron chi connectivity index (χ0n) is 35.4. The van der Waals surface area contributed by atoms with Gasteiger partial charge in [0.1, 0.15) is 24.8 Å². The Morgan fingerprint density at radius 3 is 2.23 bits per heavy atom. The number of aliphatic carboxylic acids is 1. The standard InChI is InChI=1S/C39H59N7O15/c1-23(47)42-35-37(60-26(4)50)36(59-25(3)49)31(22-58-24(2)48)61-39(35)44-33(52)20-29(38(55)41-13-16-57-18-17-56-15-12-34(53)54)43-32(51)11-14-46-28(21-45(6)40-5)19-27-9-7-8-10-30(27)46/h7,9,19,29,31,35-37,39-40H,8,10-18,20-22H2,1-6H3,(H,41,55)(H,42,47)(H,43,51)(H,44,52)(H,53,54)/t29-,31-,35-,36-,37-,39-/m0/s1. The molecule has 1 aromatic heterocycles. The van der Waals surface area contributed by atoms with E-state index in [1.165, 1.54) is 0 Å². The number of ether oxygens (including phenoxy) is 6. The Balaban J connectivity index is 1.81. The van der Waals surface area contributed by atoms with Gasteiger partial charge in [0.05, 0.1) is 45.8 Å². The lowest BCUT2D eigenvalue weighted by molar-refractivity contribution is -0.228. The molecular weight excluding hydrogens is 806 g/mol. The van der Waals surface area contributed by atoms with E-state index in [4.69, 9.17) is 33.5 Å². The van der Waals surface area contributed by atoms with Crippen LogP contribution in [0.25, 0.3) is 6.08 Å². The number of nitrogens with zero attached hydrogens (tertiary/aromatic N) is 2. The molecule has 1 aliphatic heterocycles. The SMILES string of the molecule is CNN(C)Cc1cc2c(n1CCC(=O)N[C@@H](CC(=O)N[C@H]1O[C@@H](COC(C)=O)[C@H](OC(C)=O)[C@@H](OC(C)=O)[C@@H]1NC(C)=O)C(=O)NCCOCCOCCC(=O)O)CCC=C2. The summed E-state index contributed by atoms with van der Waals surface area (Å²) in [6, 6.07) is -0.713. The molecule has 340 valence electrons. The summed E-state index contributed by atoms with van der Waals surface area (Å²) in [5.74, 6) is -6.10. The number of rotatable bonds is 25. The molecule has 1 aromatic rings. The maximum Gasteiger partial charge on any atom is 0.305 e. The number of carbonyl (C=O) groups is 8. The molecule has 0 radical (unpaired) electrons. The molecule has 0 aromatic carbocycles. The summed E-state index contributed by atoms with van der Waals surface area (Å²) in [5, 5.41) is 21.1. The largest absolute Gasteiger partial charge is 0.481 e. The summed E-state index contributed by atoms with van der Waals surface area (Å²) >= 11 is 0. The minimum atomic E-state index is -1.50. The second-order valence-electron chi connectivity index (χ2n) is 14.3. The van der Waals surface area contributed by atoms with Crippen LogP contribution in [-0.2, 0) is 86.3 Å². The first-order chi connectivity index (χ1) is 29.0. The number of hydrogen-bond acceptors (Lipinski definition) is 16. The Labute approximate surface area is 353 Å². The van der Waals surface area contributed by atoms with Gasteiger partial charge in [-0.05, 0) is 31.5 Å². The van der Waals surface area contributed by atoms with Crippen molar-refractivity contribution < 1.29 is 71.9 Å². The predicted octanol–water partition coefficient (Wildman–Crippen LogP) is -1.32. The Morgan fingerprint density at radius 1 is 0.902 bits per heavy atom. The molecule has 22 nitrogen and oxygen atoms in total. The molecule has 2 aliphatic rings.